The minimum Gasteiger partial charge on any atom is -0.480 e. The minimum atomic E-state index is -0.997. The van der Waals surface area contributed by atoms with Crippen molar-refractivity contribution < 1.29 is 14.7 Å². The number of halogens is 2. The second kappa shape index (κ2) is 8.07. The standard InChI is InChI=1S/C17H18Cl2N4O3/c18-14-2-1-12(7-15(14)19)9-21-3-5-22(6-4-21)17(26)13-8-20-23(10-13)11-16(24)25/h1-2,7-8,10H,3-6,9,11H2,(H,24,25). The van der Waals surface area contributed by atoms with Crippen molar-refractivity contribution >= 4 is 35.1 Å². The molecule has 9 heteroatoms. The molecule has 0 atom stereocenters. The van der Waals surface area contributed by atoms with Crippen LogP contribution in [0.2, 0.25) is 10.0 Å². The normalized spacial score (nSPS) is 15.2. The van der Waals surface area contributed by atoms with Crippen molar-refractivity contribution in [3.05, 3.63) is 51.8 Å². The number of aliphatic carboxylic acids is 1. The van der Waals surface area contributed by atoms with Gasteiger partial charge in [0.2, 0.25) is 0 Å². The molecule has 3 rings (SSSR count). The Balaban J connectivity index is 1.54. The predicted molar refractivity (Wildman–Crippen MR) is 97.5 cm³/mol. The summed E-state index contributed by atoms with van der Waals surface area (Å²) in [7, 11) is 0. The van der Waals surface area contributed by atoms with Crippen LogP contribution in [0.15, 0.2) is 30.6 Å². The highest BCUT2D eigenvalue weighted by atomic mass is 35.5. The van der Waals surface area contributed by atoms with Crippen LogP contribution in [0.5, 0.6) is 0 Å². The zero-order chi connectivity index (χ0) is 18.7. The largest absolute Gasteiger partial charge is 0.480 e. The molecule has 0 saturated carbocycles. The Kier molecular flexibility index (Phi) is 5.80. The lowest BCUT2D eigenvalue weighted by atomic mass is 10.2. The molecule has 0 spiro atoms. The predicted octanol–water partition coefficient (Wildman–Crippen LogP) is 2.23. The van der Waals surface area contributed by atoms with Crippen LogP contribution in [0.4, 0.5) is 0 Å². The maximum absolute atomic E-state index is 12.5. The van der Waals surface area contributed by atoms with Gasteiger partial charge in [-0.2, -0.15) is 5.10 Å². The summed E-state index contributed by atoms with van der Waals surface area (Å²) in [6.07, 6.45) is 2.88. The second-order valence-electron chi connectivity index (χ2n) is 6.14. The van der Waals surface area contributed by atoms with Crippen LogP contribution in [0.1, 0.15) is 15.9 Å². The van der Waals surface area contributed by atoms with Crippen molar-refractivity contribution in [1.82, 2.24) is 19.6 Å². The highest BCUT2D eigenvalue weighted by Crippen LogP contribution is 2.23. The zero-order valence-corrected chi connectivity index (χ0v) is 15.4. The summed E-state index contributed by atoms with van der Waals surface area (Å²) < 4.78 is 1.25. The first-order chi connectivity index (χ1) is 12.4. The van der Waals surface area contributed by atoms with Gasteiger partial charge in [-0.3, -0.25) is 19.2 Å². The van der Waals surface area contributed by atoms with Gasteiger partial charge < -0.3 is 10.0 Å². The number of carbonyl (C=O) groups is 2. The smallest absolute Gasteiger partial charge is 0.325 e. The molecule has 0 unspecified atom stereocenters. The number of aromatic nitrogens is 2. The first-order valence-corrected chi connectivity index (χ1v) is 8.88. The summed E-state index contributed by atoms with van der Waals surface area (Å²) in [5.41, 5.74) is 1.48. The maximum Gasteiger partial charge on any atom is 0.325 e. The molecule has 138 valence electrons. The van der Waals surface area contributed by atoms with Crippen molar-refractivity contribution in [1.29, 1.82) is 0 Å². The third-order valence-electron chi connectivity index (χ3n) is 4.23. The number of hydrogen-bond donors (Lipinski definition) is 1. The lowest BCUT2D eigenvalue weighted by Crippen LogP contribution is -2.48. The third kappa shape index (κ3) is 4.55. The summed E-state index contributed by atoms with van der Waals surface area (Å²) in [6, 6.07) is 5.59. The van der Waals surface area contributed by atoms with E-state index in [1.807, 2.05) is 12.1 Å². The lowest BCUT2D eigenvalue weighted by molar-refractivity contribution is -0.137. The molecule has 1 saturated heterocycles. The van der Waals surface area contributed by atoms with E-state index in [1.165, 1.54) is 17.1 Å². The molecule has 2 aromatic rings. The Morgan fingerprint density at radius 1 is 1.12 bits per heavy atom. The van der Waals surface area contributed by atoms with Crippen molar-refractivity contribution in [2.75, 3.05) is 26.2 Å². The molecule has 1 aliphatic rings. The molecule has 0 bridgehead atoms. The summed E-state index contributed by atoms with van der Waals surface area (Å²) >= 11 is 12.0. The number of carbonyl (C=O) groups excluding carboxylic acids is 1. The number of rotatable bonds is 5. The third-order valence-corrected chi connectivity index (χ3v) is 4.97. The average molecular weight is 397 g/mol. The number of hydrogen-bond acceptors (Lipinski definition) is 4. The number of carboxylic acids is 1. The van der Waals surface area contributed by atoms with E-state index in [1.54, 1.807) is 11.0 Å². The van der Waals surface area contributed by atoms with E-state index in [-0.39, 0.29) is 12.5 Å². The molecule has 7 nitrogen and oxygen atoms in total. The van der Waals surface area contributed by atoms with E-state index < -0.39 is 5.97 Å². The number of benzene rings is 1. The van der Waals surface area contributed by atoms with Crippen LogP contribution in [-0.2, 0) is 17.9 Å². The molecule has 0 aliphatic carbocycles. The van der Waals surface area contributed by atoms with Crippen LogP contribution >= 0.6 is 23.2 Å². The first kappa shape index (κ1) is 18.7. The highest BCUT2D eigenvalue weighted by Gasteiger charge is 2.23. The van der Waals surface area contributed by atoms with Crippen LogP contribution in [0.25, 0.3) is 0 Å². The molecule has 1 amide bonds. The topological polar surface area (TPSA) is 78.7 Å². The monoisotopic (exact) mass is 396 g/mol. The van der Waals surface area contributed by atoms with Crippen molar-refractivity contribution in [2.45, 2.75) is 13.1 Å². The van der Waals surface area contributed by atoms with Crippen LogP contribution in [0, 0.1) is 0 Å². The summed E-state index contributed by atoms with van der Waals surface area (Å²) in [5.74, 6) is -1.13. The Labute approximate surface area is 160 Å². The first-order valence-electron chi connectivity index (χ1n) is 8.12. The van der Waals surface area contributed by atoms with Crippen LogP contribution in [-0.4, -0.2) is 62.7 Å². The molecule has 1 aromatic heterocycles. The molecule has 0 radical (unpaired) electrons. The highest BCUT2D eigenvalue weighted by molar-refractivity contribution is 6.42. The van der Waals surface area contributed by atoms with Gasteiger partial charge >= 0.3 is 5.97 Å². The van der Waals surface area contributed by atoms with E-state index in [0.29, 0.717) is 28.7 Å². The Hall–Kier alpha value is -2.09. The molecule has 1 aromatic carbocycles. The van der Waals surface area contributed by atoms with E-state index in [0.717, 1.165) is 25.2 Å². The van der Waals surface area contributed by atoms with Gasteiger partial charge in [0.15, 0.2) is 0 Å². The van der Waals surface area contributed by atoms with Gasteiger partial charge in [-0.15, -0.1) is 0 Å². The van der Waals surface area contributed by atoms with E-state index >= 15 is 0 Å². The van der Waals surface area contributed by atoms with Gasteiger partial charge in [0.25, 0.3) is 5.91 Å². The zero-order valence-electron chi connectivity index (χ0n) is 13.9. The fraction of sp³-hybridized carbons (Fsp3) is 0.353. The minimum absolute atomic E-state index is 0.129. The van der Waals surface area contributed by atoms with E-state index in [9.17, 15) is 9.59 Å². The van der Waals surface area contributed by atoms with Crippen molar-refractivity contribution in [3.63, 3.8) is 0 Å². The van der Waals surface area contributed by atoms with Gasteiger partial charge in [0.05, 0.1) is 21.8 Å². The van der Waals surface area contributed by atoms with Crippen molar-refractivity contribution in [2.24, 2.45) is 0 Å². The summed E-state index contributed by atoms with van der Waals surface area (Å²) in [6.45, 7) is 3.18. The number of amides is 1. The molecule has 1 N–H and O–H groups in total. The van der Waals surface area contributed by atoms with Gasteiger partial charge in [-0.1, -0.05) is 29.3 Å². The summed E-state index contributed by atoms with van der Waals surface area (Å²) in [4.78, 5) is 27.2. The fourth-order valence-electron chi connectivity index (χ4n) is 2.89. The fourth-order valence-corrected chi connectivity index (χ4v) is 3.21. The van der Waals surface area contributed by atoms with Gasteiger partial charge in [0, 0.05) is 38.9 Å². The van der Waals surface area contributed by atoms with Crippen molar-refractivity contribution in [3.8, 4) is 0 Å². The molecule has 2 heterocycles. The van der Waals surface area contributed by atoms with E-state index in [2.05, 4.69) is 10.00 Å². The number of nitrogens with zero attached hydrogens (tertiary/aromatic N) is 4. The van der Waals surface area contributed by atoms with Gasteiger partial charge in [-0.05, 0) is 17.7 Å². The van der Waals surface area contributed by atoms with Gasteiger partial charge in [0.1, 0.15) is 6.54 Å². The van der Waals surface area contributed by atoms with Crippen LogP contribution in [0.3, 0.4) is 0 Å². The second-order valence-corrected chi connectivity index (χ2v) is 6.95. The number of carboxylic acid groups (broad SMARTS) is 1. The maximum atomic E-state index is 12.5. The SMILES string of the molecule is O=C(O)Cn1cc(C(=O)N2CCN(Cc3ccc(Cl)c(Cl)c3)CC2)cn1. The quantitative estimate of drug-likeness (QED) is 0.837. The molecule has 1 aliphatic heterocycles. The lowest BCUT2D eigenvalue weighted by Gasteiger charge is -2.34. The molecular formula is C17H18Cl2N4O3. The molecular weight excluding hydrogens is 379 g/mol. The summed E-state index contributed by atoms with van der Waals surface area (Å²) in [5, 5.41) is 13.8. The molecule has 26 heavy (non-hydrogen) atoms. The Bertz CT molecular complexity index is 816. The Morgan fingerprint density at radius 3 is 2.50 bits per heavy atom. The average Bonchev–Trinajstić information content (AvgIpc) is 3.06. The van der Waals surface area contributed by atoms with Gasteiger partial charge in [-0.25, -0.2) is 0 Å². The number of piperazine rings is 1. The van der Waals surface area contributed by atoms with Crippen LogP contribution < -0.4 is 0 Å². The Morgan fingerprint density at radius 2 is 1.85 bits per heavy atom. The molecule has 1 fully saturated rings. The van der Waals surface area contributed by atoms with E-state index in [4.69, 9.17) is 28.3 Å².